The molecule has 0 spiro atoms. The van der Waals surface area contributed by atoms with Crippen molar-refractivity contribution in [3.05, 3.63) is 117 Å². The lowest BCUT2D eigenvalue weighted by atomic mass is 9.87. The number of hydrogen-bond acceptors (Lipinski definition) is 18. The van der Waals surface area contributed by atoms with Crippen LogP contribution in [0.1, 0.15) is 178 Å². The van der Waals surface area contributed by atoms with E-state index in [1.165, 1.54) is 57.7 Å². The van der Waals surface area contributed by atoms with Gasteiger partial charge in [-0.05, 0) is 144 Å². The lowest BCUT2D eigenvalue weighted by Crippen LogP contribution is -2.35. The topological polar surface area (TPSA) is 366 Å². The molecule has 3 aliphatic carbocycles. The summed E-state index contributed by atoms with van der Waals surface area (Å²) in [6, 6.07) is 8.54. The average Bonchev–Trinajstić information content (AvgIpc) is 1.93. The number of amides is 6. The summed E-state index contributed by atoms with van der Waals surface area (Å²) in [6.45, 7) is 21.7. The van der Waals surface area contributed by atoms with Crippen LogP contribution >= 0.6 is 0 Å². The fraction of sp³-hybridized carbons (Fsp3) is 0.483. The highest BCUT2D eigenvalue weighted by atomic mass is 32.2. The number of nitrogens with one attached hydrogen (secondary N) is 6. The minimum Gasteiger partial charge on any atom is -0.495 e. The number of aromatic nitrogens is 4. The predicted octanol–water partition coefficient (Wildman–Crippen LogP) is 9.00. The van der Waals surface area contributed by atoms with E-state index in [1.54, 1.807) is 12.3 Å². The van der Waals surface area contributed by atoms with Crippen LogP contribution in [0, 0.1) is 0 Å². The number of rotatable bonds is 13. The standard InChI is InChI=1S/C20H24N2O6S.C19H30N6O3S.C18H22N2O6S.CH4/c1-20(2,25)12-9-17(28-10-12)29(26,27)22-19(24)21-18-13-5-3-4-11(13)8-15-14(18)6-7-16(15)23;1-12(2)25-10-9-15(23-25)29(27,28)24-17(26)22-16-20-13(18(3,4)5)11-14(21-16)19(6,7)8;1-18(2,22)12-9-15(26-10-12)27(23,24)20-17(21)19-16-13-6-4-5-11(13)7-8-14(16)25-3;/h8-10,16,23,25H,3-7H2,1-2H3,(H2,21,22,24);9-12H,1-8H3,(H2,20,21,22,24,26);7-10,22H,4-6H2,1-3H3,(H2,19,20,21);1H4. The Hall–Kier alpha value is -7.37. The first kappa shape index (κ1) is 67.8. The van der Waals surface area contributed by atoms with Crippen LogP contribution in [0.5, 0.6) is 5.75 Å². The van der Waals surface area contributed by atoms with Gasteiger partial charge >= 0.3 is 18.1 Å². The molecule has 0 saturated carbocycles. The number of sulfonamides is 3. The third kappa shape index (κ3) is 16.2. The van der Waals surface area contributed by atoms with Gasteiger partial charge in [-0.2, -0.15) is 30.4 Å². The van der Waals surface area contributed by atoms with Crippen LogP contribution in [0.25, 0.3) is 0 Å². The second-order valence-corrected chi connectivity index (χ2v) is 29.2. The molecule has 1 atom stereocenters. The van der Waals surface area contributed by atoms with E-state index in [0.29, 0.717) is 30.0 Å². The summed E-state index contributed by atoms with van der Waals surface area (Å²) >= 11 is 0. The first-order valence-corrected chi connectivity index (χ1v) is 31.9. The van der Waals surface area contributed by atoms with E-state index in [9.17, 15) is 55.0 Å². The van der Waals surface area contributed by atoms with Crippen molar-refractivity contribution >= 4 is 65.5 Å². The summed E-state index contributed by atoms with van der Waals surface area (Å²) in [7, 11) is -11.1. The van der Waals surface area contributed by atoms with Gasteiger partial charge in [0.15, 0.2) is 5.03 Å². The molecule has 9 N–H and O–H groups in total. The lowest BCUT2D eigenvalue weighted by molar-refractivity contribution is 0.0773. The third-order valence-electron chi connectivity index (χ3n) is 14.2. The van der Waals surface area contributed by atoms with Crippen LogP contribution in [0.4, 0.5) is 31.7 Å². The number of aliphatic hydroxyl groups excluding tert-OH is 1. The highest BCUT2D eigenvalue weighted by Crippen LogP contribution is 2.43. The Bertz CT molecular complexity index is 3810. The molecular weight excluding hydrogens is 1170 g/mol. The maximum atomic E-state index is 12.5. The number of carbonyl (C=O) groups excluding carboxylic acids is 3. The van der Waals surface area contributed by atoms with Crippen molar-refractivity contribution < 1.29 is 68.5 Å². The summed E-state index contributed by atoms with van der Waals surface area (Å²) in [5, 5.41) is 40.7. The molecule has 6 amide bonds. The number of methoxy groups -OCH3 is 1. The van der Waals surface area contributed by atoms with E-state index >= 15 is 0 Å². The molecule has 2 aromatic carbocycles. The minimum atomic E-state index is -4.25. The van der Waals surface area contributed by atoms with Gasteiger partial charge in [-0.1, -0.05) is 61.1 Å². The van der Waals surface area contributed by atoms with E-state index < -0.39 is 75.7 Å². The Morgan fingerprint density at radius 1 is 0.628 bits per heavy atom. The van der Waals surface area contributed by atoms with Crippen molar-refractivity contribution in [3.63, 3.8) is 0 Å². The number of anilines is 3. The Morgan fingerprint density at radius 3 is 1.57 bits per heavy atom. The number of fused-ring (bicyclic) bond motifs is 3. The molecule has 28 heteroatoms. The number of ether oxygens (including phenoxy) is 1. The summed E-state index contributed by atoms with van der Waals surface area (Å²) in [5.41, 5.74) is 5.87. The van der Waals surface area contributed by atoms with Crippen LogP contribution in [-0.4, -0.2) is 85.5 Å². The summed E-state index contributed by atoms with van der Waals surface area (Å²) in [5.74, 6) is 0.508. The van der Waals surface area contributed by atoms with Crippen LogP contribution in [-0.2, 0) is 84.2 Å². The number of carbonyl (C=O) groups is 3. The van der Waals surface area contributed by atoms with Crippen molar-refractivity contribution in [1.82, 2.24) is 33.9 Å². The van der Waals surface area contributed by atoms with E-state index in [2.05, 4.69) is 31.0 Å². The quantitative estimate of drug-likeness (QED) is 0.0520. The Morgan fingerprint density at radius 2 is 1.10 bits per heavy atom. The molecule has 6 aromatic rings. The highest BCUT2D eigenvalue weighted by molar-refractivity contribution is 7.90. The zero-order valence-corrected chi connectivity index (χ0v) is 52.3. The number of furan rings is 2. The van der Waals surface area contributed by atoms with Gasteiger partial charge in [-0.15, -0.1) is 0 Å². The molecule has 0 fully saturated rings. The molecule has 0 radical (unpaired) electrons. The average molecular weight is 1250 g/mol. The number of aryl methyl sites for hydroxylation is 2. The fourth-order valence-corrected chi connectivity index (χ4v) is 12.0. The van der Waals surface area contributed by atoms with Crippen LogP contribution in [0.3, 0.4) is 0 Å². The Labute approximate surface area is 502 Å². The van der Waals surface area contributed by atoms with Gasteiger partial charge in [-0.3, -0.25) is 10.00 Å². The van der Waals surface area contributed by atoms with Crippen molar-refractivity contribution in [3.8, 4) is 5.75 Å². The Balaban J connectivity index is 0.000000205. The second-order valence-electron chi connectivity index (χ2n) is 24.3. The SMILES string of the molecule is C.CC(C)(O)c1coc(S(=O)(=O)NC(=O)Nc2c3c(cc4c2CCC4O)CCC3)c1.CC(C)n1ccc(S(=O)(=O)NC(=O)Nc2nc(C(C)(C)C)cc(C(C)(C)C)n2)n1.COc1ccc2c(c1NC(=O)NS(=O)(=O)c1cc(C(C)(C)O)co1)CCC2. The summed E-state index contributed by atoms with van der Waals surface area (Å²) < 4.78 is 97.3. The highest BCUT2D eigenvalue weighted by Gasteiger charge is 2.33. The van der Waals surface area contributed by atoms with Gasteiger partial charge in [0.25, 0.3) is 30.1 Å². The number of urea groups is 3. The monoisotopic (exact) mass is 1250 g/mol. The Kier molecular flexibility index (Phi) is 20.1. The number of aliphatic hydroxyl groups is 3. The molecular formula is C58H80N10O15S3. The molecule has 0 saturated heterocycles. The van der Waals surface area contributed by atoms with Crippen LogP contribution in [0.2, 0.25) is 0 Å². The summed E-state index contributed by atoms with van der Waals surface area (Å²) in [6.07, 6.45) is 9.74. The van der Waals surface area contributed by atoms with Crippen LogP contribution in [0.15, 0.2) is 85.2 Å². The molecule has 470 valence electrons. The predicted molar refractivity (Wildman–Crippen MR) is 321 cm³/mol. The maximum absolute atomic E-state index is 12.5. The maximum Gasteiger partial charge on any atom is 0.335 e. The normalized spacial score (nSPS) is 14.9. The third-order valence-corrected chi connectivity index (χ3v) is 17.8. The van der Waals surface area contributed by atoms with E-state index in [-0.39, 0.29) is 46.4 Å². The molecule has 4 aromatic heterocycles. The van der Waals surface area contributed by atoms with Gasteiger partial charge in [0, 0.05) is 52.0 Å². The molecule has 86 heavy (non-hydrogen) atoms. The number of hydrogen-bond donors (Lipinski definition) is 9. The smallest absolute Gasteiger partial charge is 0.335 e. The fourth-order valence-electron chi connectivity index (χ4n) is 9.42. The molecule has 9 rings (SSSR count). The van der Waals surface area contributed by atoms with Gasteiger partial charge < -0.3 is 39.5 Å². The van der Waals surface area contributed by atoms with Crippen molar-refractivity contribution in [1.29, 1.82) is 0 Å². The van der Waals surface area contributed by atoms with Crippen molar-refractivity contribution in [2.45, 2.75) is 191 Å². The van der Waals surface area contributed by atoms with Crippen molar-refractivity contribution in [2.24, 2.45) is 0 Å². The lowest BCUT2D eigenvalue weighted by Gasteiger charge is -2.24. The summed E-state index contributed by atoms with van der Waals surface area (Å²) in [4.78, 5) is 46.0. The zero-order valence-electron chi connectivity index (χ0n) is 49.8. The molecule has 0 aliphatic heterocycles. The first-order valence-electron chi connectivity index (χ1n) is 27.4. The van der Waals surface area contributed by atoms with Gasteiger partial charge in [0.1, 0.15) is 5.75 Å². The van der Waals surface area contributed by atoms with Gasteiger partial charge in [-0.25, -0.2) is 38.5 Å². The van der Waals surface area contributed by atoms with Crippen LogP contribution < -0.4 is 34.9 Å². The minimum absolute atomic E-state index is 0. The van der Waals surface area contributed by atoms with E-state index in [0.717, 1.165) is 95.8 Å². The number of benzene rings is 2. The zero-order chi connectivity index (χ0) is 63.0. The molecule has 4 heterocycles. The van der Waals surface area contributed by atoms with Gasteiger partial charge in [0.2, 0.25) is 16.1 Å². The molecule has 1 unspecified atom stereocenters. The second kappa shape index (κ2) is 25.5. The van der Waals surface area contributed by atoms with E-state index in [1.807, 2.05) is 87.8 Å². The molecule has 3 aliphatic rings. The molecule has 0 bridgehead atoms. The first-order chi connectivity index (χ1) is 39.3. The largest absolute Gasteiger partial charge is 0.495 e. The van der Waals surface area contributed by atoms with Gasteiger partial charge in [0.05, 0.1) is 54.0 Å². The molecule has 25 nitrogen and oxygen atoms in total. The van der Waals surface area contributed by atoms with E-state index in [4.69, 9.17) is 13.6 Å². The number of nitrogens with zero attached hydrogens (tertiary/aromatic N) is 4. The van der Waals surface area contributed by atoms with Crippen molar-refractivity contribution in [2.75, 3.05) is 23.1 Å².